The number of hydrogen-bond acceptors (Lipinski definition) is 5. The van der Waals surface area contributed by atoms with Crippen LogP contribution in [0.1, 0.15) is 0 Å². The Kier molecular flexibility index (Phi) is 3.21. The summed E-state index contributed by atoms with van der Waals surface area (Å²) < 4.78 is 0. The lowest BCUT2D eigenvalue weighted by Gasteiger charge is -2.34. The van der Waals surface area contributed by atoms with Crippen LogP contribution in [-0.2, 0) is 4.79 Å². The monoisotopic (exact) mass is 242 g/mol. The molecule has 1 atom stereocenters. The zero-order chi connectivity index (χ0) is 11.5. The number of rotatable bonds is 2. The van der Waals surface area contributed by atoms with Crippen molar-refractivity contribution in [3.8, 4) is 0 Å². The molecule has 1 aliphatic rings. The average molecular weight is 243 g/mol. The molecule has 2 heterocycles. The van der Waals surface area contributed by atoms with E-state index in [0.29, 0.717) is 24.1 Å². The Balaban J connectivity index is 2.26. The summed E-state index contributed by atoms with van der Waals surface area (Å²) in [6.07, 6.45) is 1.33. The van der Waals surface area contributed by atoms with Crippen molar-refractivity contribution in [2.45, 2.75) is 6.04 Å². The highest BCUT2D eigenvalue weighted by Gasteiger charge is 2.29. The average Bonchev–Trinajstić information content (AvgIpc) is 2.29. The number of carboxylic acids is 1. The van der Waals surface area contributed by atoms with Crippen LogP contribution in [0.5, 0.6) is 0 Å². The van der Waals surface area contributed by atoms with Crippen LogP contribution < -0.4 is 10.2 Å². The highest BCUT2D eigenvalue weighted by molar-refractivity contribution is 6.29. The Morgan fingerprint density at radius 2 is 2.44 bits per heavy atom. The van der Waals surface area contributed by atoms with E-state index >= 15 is 0 Å². The second-order valence-corrected chi connectivity index (χ2v) is 3.84. The molecule has 2 rings (SSSR count). The molecular weight excluding hydrogens is 232 g/mol. The third-order valence-electron chi connectivity index (χ3n) is 2.44. The lowest BCUT2D eigenvalue weighted by Crippen LogP contribution is -2.55. The van der Waals surface area contributed by atoms with Gasteiger partial charge in [-0.05, 0) is 0 Å². The molecule has 86 valence electrons. The zero-order valence-electron chi connectivity index (χ0n) is 8.43. The highest BCUT2D eigenvalue weighted by Crippen LogP contribution is 2.17. The third kappa shape index (κ3) is 2.23. The van der Waals surface area contributed by atoms with Gasteiger partial charge < -0.3 is 15.3 Å². The summed E-state index contributed by atoms with van der Waals surface area (Å²) in [5.41, 5.74) is 0. The number of anilines is 1. The number of hydrogen-bond donors (Lipinski definition) is 2. The molecule has 2 N–H and O–H groups in total. The van der Waals surface area contributed by atoms with Crippen LogP contribution in [0, 0.1) is 0 Å². The number of aliphatic carboxylic acids is 1. The fourth-order valence-electron chi connectivity index (χ4n) is 1.68. The molecule has 16 heavy (non-hydrogen) atoms. The normalized spacial score (nSPS) is 20.8. The number of carboxylic acid groups (broad SMARTS) is 1. The van der Waals surface area contributed by atoms with Crippen LogP contribution in [0.15, 0.2) is 12.4 Å². The van der Waals surface area contributed by atoms with Gasteiger partial charge in [-0.3, -0.25) is 0 Å². The molecule has 0 bridgehead atoms. The van der Waals surface area contributed by atoms with Gasteiger partial charge in [0.25, 0.3) is 0 Å². The Morgan fingerprint density at radius 1 is 1.62 bits per heavy atom. The van der Waals surface area contributed by atoms with Gasteiger partial charge in [0.2, 0.25) is 0 Å². The van der Waals surface area contributed by atoms with Gasteiger partial charge in [0.1, 0.15) is 23.3 Å². The van der Waals surface area contributed by atoms with E-state index in [9.17, 15) is 4.79 Å². The molecule has 1 fully saturated rings. The van der Waals surface area contributed by atoms with E-state index in [0.717, 1.165) is 6.54 Å². The number of piperazine rings is 1. The quantitative estimate of drug-likeness (QED) is 0.711. The molecular formula is C9H11ClN4O2. The molecule has 0 radical (unpaired) electrons. The maximum absolute atomic E-state index is 11.1. The van der Waals surface area contributed by atoms with Crippen molar-refractivity contribution < 1.29 is 9.90 Å². The topological polar surface area (TPSA) is 78.4 Å². The molecule has 0 aromatic carbocycles. The van der Waals surface area contributed by atoms with Gasteiger partial charge in [0.15, 0.2) is 0 Å². The smallest absolute Gasteiger partial charge is 0.327 e. The number of halogens is 1. The minimum atomic E-state index is -0.873. The summed E-state index contributed by atoms with van der Waals surface area (Å²) in [7, 11) is 0. The largest absolute Gasteiger partial charge is 0.480 e. The van der Waals surface area contributed by atoms with Crippen LogP contribution in [0.3, 0.4) is 0 Å². The molecule has 6 nitrogen and oxygen atoms in total. The van der Waals surface area contributed by atoms with Gasteiger partial charge in [-0.2, -0.15) is 0 Å². The van der Waals surface area contributed by atoms with E-state index in [1.54, 1.807) is 11.0 Å². The van der Waals surface area contributed by atoms with E-state index in [1.807, 2.05) is 0 Å². The lowest BCUT2D eigenvalue weighted by atomic mass is 10.2. The summed E-state index contributed by atoms with van der Waals surface area (Å²) in [4.78, 5) is 20.6. The van der Waals surface area contributed by atoms with Crippen molar-refractivity contribution in [3.63, 3.8) is 0 Å². The van der Waals surface area contributed by atoms with Crippen molar-refractivity contribution in [3.05, 3.63) is 17.5 Å². The summed E-state index contributed by atoms with van der Waals surface area (Å²) in [5, 5.41) is 12.4. The summed E-state index contributed by atoms with van der Waals surface area (Å²) in [5.74, 6) is -0.323. The van der Waals surface area contributed by atoms with Gasteiger partial charge in [0, 0.05) is 25.7 Å². The number of aromatic nitrogens is 2. The summed E-state index contributed by atoms with van der Waals surface area (Å²) in [6.45, 7) is 1.71. The van der Waals surface area contributed by atoms with Crippen molar-refractivity contribution in [2.75, 3.05) is 24.5 Å². The minimum Gasteiger partial charge on any atom is -0.480 e. The molecule has 1 saturated heterocycles. The molecule has 1 aliphatic heterocycles. The predicted octanol–water partition coefficient (Wildman–Crippen LogP) is -0.00720. The second-order valence-electron chi connectivity index (χ2n) is 3.45. The van der Waals surface area contributed by atoms with Crippen LogP contribution in [-0.4, -0.2) is 46.7 Å². The number of nitrogens with zero attached hydrogens (tertiary/aromatic N) is 3. The van der Waals surface area contributed by atoms with E-state index in [2.05, 4.69) is 15.3 Å². The number of nitrogens with one attached hydrogen (secondary N) is 1. The molecule has 0 spiro atoms. The van der Waals surface area contributed by atoms with E-state index in [1.165, 1.54) is 6.33 Å². The lowest BCUT2D eigenvalue weighted by molar-refractivity contribution is -0.138. The van der Waals surface area contributed by atoms with Crippen LogP contribution >= 0.6 is 11.6 Å². The number of carbonyl (C=O) groups is 1. The molecule has 0 saturated carbocycles. The Bertz CT molecular complexity index is 401. The van der Waals surface area contributed by atoms with Gasteiger partial charge >= 0.3 is 5.97 Å². The van der Waals surface area contributed by atoms with Gasteiger partial charge in [-0.1, -0.05) is 11.6 Å². The molecule has 0 amide bonds. The van der Waals surface area contributed by atoms with Crippen molar-refractivity contribution in [2.24, 2.45) is 0 Å². The van der Waals surface area contributed by atoms with Gasteiger partial charge in [0.05, 0.1) is 0 Å². The Morgan fingerprint density at radius 3 is 3.12 bits per heavy atom. The van der Waals surface area contributed by atoms with Crippen LogP contribution in [0.4, 0.5) is 5.82 Å². The Labute approximate surface area is 97.3 Å². The molecule has 1 aromatic rings. The van der Waals surface area contributed by atoms with Crippen molar-refractivity contribution in [1.82, 2.24) is 15.3 Å². The summed E-state index contributed by atoms with van der Waals surface area (Å²) >= 11 is 5.75. The van der Waals surface area contributed by atoms with Crippen LogP contribution in [0.2, 0.25) is 5.15 Å². The van der Waals surface area contributed by atoms with E-state index in [-0.39, 0.29) is 0 Å². The standard InChI is InChI=1S/C9H11ClN4O2/c10-7-3-8(13-5-12-7)14-2-1-11-4-6(14)9(15)16/h3,5-6,11H,1-2,4H2,(H,15,16)/t6-/m0/s1. The molecule has 1 aromatic heterocycles. The first-order valence-corrected chi connectivity index (χ1v) is 5.24. The molecule has 7 heteroatoms. The highest BCUT2D eigenvalue weighted by atomic mass is 35.5. The molecule has 0 aliphatic carbocycles. The maximum atomic E-state index is 11.1. The van der Waals surface area contributed by atoms with Crippen LogP contribution in [0.25, 0.3) is 0 Å². The fourth-order valence-corrected chi connectivity index (χ4v) is 1.82. The zero-order valence-corrected chi connectivity index (χ0v) is 9.18. The Hall–Kier alpha value is -1.40. The van der Waals surface area contributed by atoms with Crippen molar-refractivity contribution >= 4 is 23.4 Å². The van der Waals surface area contributed by atoms with E-state index < -0.39 is 12.0 Å². The van der Waals surface area contributed by atoms with Gasteiger partial charge in [-0.25, -0.2) is 14.8 Å². The van der Waals surface area contributed by atoms with Crippen molar-refractivity contribution in [1.29, 1.82) is 0 Å². The maximum Gasteiger partial charge on any atom is 0.327 e. The minimum absolute atomic E-state index is 0.313. The molecule has 0 unspecified atom stereocenters. The summed E-state index contributed by atoms with van der Waals surface area (Å²) in [6, 6.07) is 0.961. The first-order valence-electron chi connectivity index (χ1n) is 4.86. The third-order valence-corrected chi connectivity index (χ3v) is 2.65. The van der Waals surface area contributed by atoms with Gasteiger partial charge in [-0.15, -0.1) is 0 Å². The van der Waals surface area contributed by atoms with E-state index in [4.69, 9.17) is 16.7 Å². The first kappa shape index (κ1) is 11.1. The fraction of sp³-hybridized carbons (Fsp3) is 0.444. The first-order chi connectivity index (χ1) is 7.68. The second kappa shape index (κ2) is 4.63. The predicted molar refractivity (Wildman–Crippen MR) is 58.7 cm³/mol. The SMILES string of the molecule is O=C(O)[C@@H]1CNCCN1c1cc(Cl)ncn1.